The lowest BCUT2D eigenvalue weighted by Crippen LogP contribution is -2.19. The average Bonchev–Trinajstić information content (AvgIpc) is 2.79. The van der Waals surface area contributed by atoms with Crippen LogP contribution in [-0.4, -0.2) is 12.5 Å². The number of anilines is 2. The zero-order chi connectivity index (χ0) is 14.8. The largest absolute Gasteiger partial charge is 0.494 e. The van der Waals surface area contributed by atoms with Gasteiger partial charge in [-0.05, 0) is 43.3 Å². The number of ether oxygens (including phenoxy) is 1. The predicted octanol–water partition coefficient (Wildman–Crippen LogP) is 3.95. The number of carbonyl (C=O) groups is 1. The molecule has 0 spiro atoms. The summed E-state index contributed by atoms with van der Waals surface area (Å²) in [5.41, 5.74) is 2.66. The number of rotatable bonds is 4. The molecule has 0 bridgehead atoms. The van der Waals surface area contributed by atoms with Crippen molar-refractivity contribution in [2.24, 2.45) is 0 Å². The molecule has 2 N–H and O–H groups in total. The standard InChI is InChI=1S/C16H15BrN2O2/c1-2-21-11-8-6-10(7-9-11)18-15-14-12(17)4-3-5-13(14)19-16(15)20/h3-9,15,18H,2H2,1H3,(H,19,20). The Kier molecular flexibility index (Phi) is 3.84. The molecule has 2 aromatic carbocycles. The first-order valence-electron chi connectivity index (χ1n) is 6.77. The van der Waals surface area contributed by atoms with Gasteiger partial charge in [-0.25, -0.2) is 0 Å². The van der Waals surface area contributed by atoms with Crippen molar-refractivity contribution in [3.05, 3.63) is 52.5 Å². The van der Waals surface area contributed by atoms with Gasteiger partial charge in [-0.2, -0.15) is 0 Å². The van der Waals surface area contributed by atoms with Crippen molar-refractivity contribution in [3.63, 3.8) is 0 Å². The fourth-order valence-electron chi connectivity index (χ4n) is 2.39. The molecule has 108 valence electrons. The third-order valence-corrected chi connectivity index (χ3v) is 4.03. The van der Waals surface area contributed by atoms with Gasteiger partial charge in [-0.1, -0.05) is 22.0 Å². The van der Waals surface area contributed by atoms with Crippen molar-refractivity contribution in [3.8, 4) is 5.75 Å². The Morgan fingerprint density at radius 2 is 2.00 bits per heavy atom. The van der Waals surface area contributed by atoms with E-state index in [1.165, 1.54) is 0 Å². The second kappa shape index (κ2) is 5.77. The molecule has 1 aliphatic heterocycles. The summed E-state index contributed by atoms with van der Waals surface area (Å²) in [7, 11) is 0. The molecule has 1 aliphatic rings. The Hall–Kier alpha value is -2.01. The van der Waals surface area contributed by atoms with Crippen LogP contribution in [0.25, 0.3) is 0 Å². The Balaban J connectivity index is 1.84. The first-order valence-corrected chi connectivity index (χ1v) is 7.57. The minimum absolute atomic E-state index is 0.0502. The van der Waals surface area contributed by atoms with Crippen LogP contribution >= 0.6 is 15.9 Å². The molecule has 3 rings (SSSR count). The molecule has 1 atom stereocenters. The predicted molar refractivity (Wildman–Crippen MR) is 86.7 cm³/mol. The average molecular weight is 347 g/mol. The van der Waals surface area contributed by atoms with Gasteiger partial charge in [0.15, 0.2) is 0 Å². The van der Waals surface area contributed by atoms with E-state index in [0.29, 0.717) is 6.61 Å². The van der Waals surface area contributed by atoms with Crippen LogP contribution in [-0.2, 0) is 4.79 Å². The van der Waals surface area contributed by atoms with Crippen LogP contribution in [0.15, 0.2) is 46.9 Å². The fraction of sp³-hybridized carbons (Fsp3) is 0.188. The molecule has 0 radical (unpaired) electrons. The molecule has 0 fully saturated rings. The first kappa shape index (κ1) is 13.9. The maximum atomic E-state index is 12.1. The molecular weight excluding hydrogens is 332 g/mol. The molecule has 0 aliphatic carbocycles. The third kappa shape index (κ3) is 2.74. The van der Waals surface area contributed by atoms with Gasteiger partial charge in [0.05, 0.1) is 6.61 Å². The quantitative estimate of drug-likeness (QED) is 0.880. The second-order valence-corrected chi connectivity index (χ2v) is 5.58. The summed E-state index contributed by atoms with van der Waals surface area (Å²) in [6, 6.07) is 12.9. The zero-order valence-corrected chi connectivity index (χ0v) is 13.1. The van der Waals surface area contributed by atoms with Crippen molar-refractivity contribution >= 4 is 33.2 Å². The summed E-state index contributed by atoms with van der Waals surface area (Å²) in [6.45, 7) is 2.58. The first-order chi connectivity index (χ1) is 10.2. The van der Waals surface area contributed by atoms with Gasteiger partial charge in [0.1, 0.15) is 11.8 Å². The lowest BCUT2D eigenvalue weighted by Gasteiger charge is -2.14. The van der Waals surface area contributed by atoms with Gasteiger partial charge in [0, 0.05) is 21.4 Å². The van der Waals surface area contributed by atoms with Crippen molar-refractivity contribution in [2.75, 3.05) is 17.2 Å². The van der Waals surface area contributed by atoms with Gasteiger partial charge >= 0.3 is 0 Å². The number of benzene rings is 2. The zero-order valence-electron chi connectivity index (χ0n) is 11.5. The van der Waals surface area contributed by atoms with Crippen LogP contribution in [0.1, 0.15) is 18.5 Å². The summed E-state index contributed by atoms with van der Waals surface area (Å²) in [5.74, 6) is 0.770. The second-order valence-electron chi connectivity index (χ2n) is 4.73. The molecule has 0 saturated carbocycles. The molecule has 5 heteroatoms. The van der Waals surface area contributed by atoms with Crippen molar-refractivity contribution < 1.29 is 9.53 Å². The smallest absolute Gasteiger partial charge is 0.251 e. The highest BCUT2D eigenvalue weighted by Crippen LogP contribution is 2.38. The molecule has 4 nitrogen and oxygen atoms in total. The number of fused-ring (bicyclic) bond motifs is 1. The van der Waals surface area contributed by atoms with Crippen molar-refractivity contribution in [2.45, 2.75) is 13.0 Å². The number of nitrogens with one attached hydrogen (secondary N) is 2. The molecule has 1 unspecified atom stereocenters. The summed E-state index contributed by atoms with van der Waals surface area (Å²) in [4.78, 5) is 12.1. The van der Waals surface area contributed by atoms with E-state index in [1.54, 1.807) is 0 Å². The summed E-state index contributed by atoms with van der Waals surface area (Å²) in [6.07, 6.45) is 0. The van der Waals surface area contributed by atoms with Gasteiger partial charge in [-0.15, -0.1) is 0 Å². The van der Waals surface area contributed by atoms with E-state index in [9.17, 15) is 4.79 Å². The van der Waals surface area contributed by atoms with Gasteiger partial charge in [0.25, 0.3) is 5.91 Å². The number of amides is 1. The molecule has 0 saturated heterocycles. The highest BCUT2D eigenvalue weighted by molar-refractivity contribution is 9.10. The maximum absolute atomic E-state index is 12.1. The number of hydrogen-bond acceptors (Lipinski definition) is 3. The molecular formula is C16H15BrN2O2. The van der Waals surface area contributed by atoms with Gasteiger partial charge in [-0.3, -0.25) is 4.79 Å². The molecule has 21 heavy (non-hydrogen) atoms. The van der Waals surface area contributed by atoms with Crippen LogP contribution in [0.3, 0.4) is 0 Å². The van der Waals surface area contributed by atoms with E-state index >= 15 is 0 Å². The lowest BCUT2D eigenvalue weighted by molar-refractivity contribution is -0.116. The molecule has 1 heterocycles. The van der Waals surface area contributed by atoms with Gasteiger partial charge in [0.2, 0.25) is 0 Å². The highest BCUT2D eigenvalue weighted by Gasteiger charge is 2.32. The Morgan fingerprint density at radius 3 is 2.71 bits per heavy atom. The monoisotopic (exact) mass is 346 g/mol. The van der Waals surface area contributed by atoms with Crippen LogP contribution < -0.4 is 15.4 Å². The normalized spacial score (nSPS) is 16.3. The third-order valence-electron chi connectivity index (χ3n) is 3.34. The molecule has 0 aromatic heterocycles. The number of hydrogen-bond donors (Lipinski definition) is 2. The minimum atomic E-state index is -0.395. The van der Waals surface area contributed by atoms with E-state index < -0.39 is 6.04 Å². The maximum Gasteiger partial charge on any atom is 0.251 e. The Morgan fingerprint density at radius 1 is 1.24 bits per heavy atom. The highest BCUT2D eigenvalue weighted by atomic mass is 79.9. The number of carbonyl (C=O) groups excluding carboxylic acids is 1. The molecule has 2 aromatic rings. The Labute approximate surface area is 131 Å². The summed E-state index contributed by atoms with van der Waals surface area (Å²) < 4.78 is 6.33. The van der Waals surface area contributed by atoms with Crippen LogP contribution in [0.2, 0.25) is 0 Å². The van der Waals surface area contributed by atoms with E-state index in [-0.39, 0.29) is 5.91 Å². The fourth-order valence-corrected chi connectivity index (χ4v) is 2.99. The minimum Gasteiger partial charge on any atom is -0.494 e. The van der Waals surface area contributed by atoms with E-state index in [0.717, 1.165) is 27.2 Å². The van der Waals surface area contributed by atoms with Crippen molar-refractivity contribution in [1.82, 2.24) is 0 Å². The topological polar surface area (TPSA) is 50.4 Å². The lowest BCUT2D eigenvalue weighted by atomic mass is 10.1. The van der Waals surface area contributed by atoms with Gasteiger partial charge < -0.3 is 15.4 Å². The van der Waals surface area contributed by atoms with Crippen LogP contribution in [0.5, 0.6) is 5.75 Å². The van der Waals surface area contributed by atoms with Crippen LogP contribution in [0.4, 0.5) is 11.4 Å². The SMILES string of the molecule is CCOc1ccc(NC2C(=O)Nc3cccc(Br)c32)cc1. The molecule has 1 amide bonds. The summed E-state index contributed by atoms with van der Waals surface area (Å²) in [5, 5.41) is 6.14. The van der Waals surface area contributed by atoms with E-state index in [2.05, 4.69) is 26.6 Å². The van der Waals surface area contributed by atoms with Crippen molar-refractivity contribution in [1.29, 1.82) is 0 Å². The van der Waals surface area contributed by atoms with E-state index in [4.69, 9.17) is 4.74 Å². The summed E-state index contributed by atoms with van der Waals surface area (Å²) >= 11 is 3.51. The van der Waals surface area contributed by atoms with Crippen LogP contribution in [0, 0.1) is 0 Å². The number of halogens is 1. The Bertz CT molecular complexity index is 670. The van der Waals surface area contributed by atoms with E-state index in [1.807, 2.05) is 49.4 Å².